The van der Waals surface area contributed by atoms with Crippen molar-refractivity contribution in [2.24, 2.45) is 5.92 Å². The second kappa shape index (κ2) is 5.41. The van der Waals surface area contributed by atoms with E-state index >= 15 is 0 Å². The van der Waals surface area contributed by atoms with Crippen LogP contribution in [0.4, 0.5) is 11.4 Å². The number of methoxy groups -OCH3 is 1. The van der Waals surface area contributed by atoms with Crippen molar-refractivity contribution in [2.75, 3.05) is 37.4 Å². The zero-order valence-corrected chi connectivity index (χ0v) is 10.8. The van der Waals surface area contributed by atoms with Crippen LogP contribution in [-0.2, 0) is 4.74 Å². The molecule has 0 saturated carbocycles. The summed E-state index contributed by atoms with van der Waals surface area (Å²) in [5.74, 6) is 0.727. The van der Waals surface area contributed by atoms with Crippen LogP contribution < -0.4 is 10.6 Å². The number of aryl methyl sites for hydroxylation is 1. The highest BCUT2D eigenvalue weighted by atomic mass is 16.5. The number of piperidine rings is 1. The molecule has 1 aromatic carbocycles. The Morgan fingerprint density at radius 3 is 2.65 bits per heavy atom. The smallest absolute Gasteiger partial charge is 0.0491 e. The average molecular weight is 234 g/mol. The van der Waals surface area contributed by atoms with Gasteiger partial charge in [0.25, 0.3) is 0 Å². The molecular formula is C14H22N2O. The fraction of sp³-hybridized carbons (Fsp3) is 0.571. The topological polar surface area (TPSA) is 38.5 Å². The Labute approximate surface area is 104 Å². The summed E-state index contributed by atoms with van der Waals surface area (Å²) in [4.78, 5) is 2.46. The number of hydrogen-bond donors (Lipinski definition) is 1. The SMILES string of the molecule is COCC1CCN(c2ccc(N)cc2C)CC1. The second-order valence-electron chi connectivity index (χ2n) is 4.93. The molecule has 2 N–H and O–H groups in total. The van der Waals surface area contributed by atoms with Crippen LogP contribution in [0.15, 0.2) is 18.2 Å². The van der Waals surface area contributed by atoms with Gasteiger partial charge in [-0.3, -0.25) is 0 Å². The molecule has 1 saturated heterocycles. The summed E-state index contributed by atoms with van der Waals surface area (Å²) in [5.41, 5.74) is 9.23. The summed E-state index contributed by atoms with van der Waals surface area (Å²) >= 11 is 0. The second-order valence-corrected chi connectivity index (χ2v) is 4.93. The van der Waals surface area contributed by atoms with E-state index in [9.17, 15) is 0 Å². The van der Waals surface area contributed by atoms with Crippen molar-refractivity contribution >= 4 is 11.4 Å². The van der Waals surface area contributed by atoms with Gasteiger partial charge in [-0.05, 0) is 49.4 Å². The molecule has 1 fully saturated rings. The normalized spacial score (nSPS) is 17.4. The van der Waals surface area contributed by atoms with Crippen LogP contribution >= 0.6 is 0 Å². The lowest BCUT2D eigenvalue weighted by Gasteiger charge is -2.34. The zero-order valence-electron chi connectivity index (χ0n) is 10.8. The minimum absolute atomic E-state index is 0.727. The standard InChI is InChI=1S/C14H22N2O/c1-11-9-13(15)3-4-14(11)16-7-5-12(6-8-16)10-17-2/h3-4,9,12H,5-8,10,15H2,1-2H3. The molecule has 0 atom stereocenters. The van der Waals surface area contributed by atoms with E-state index in [1.54, 1.807) is 7.11 Å². The van der Waals surface area contributed by atoms with E-state index in [0.29, 0.717) is 0 Å². The minimum Gasteiger partial charge on any atom is -0.399 e. The number of ether oxygens (including phenoxy) is 1. The number of benzene rings is 1. The van der Waals surface area contributed by atoms with Crippen LogP contribution in [0.3, 0.4) is 0 Å². The Balaban J connectivity index is 2.00. The molecule has 1 aliphatic rings. The summed E-state index contributed by atoms with van der Waals surface area (Å²) in [6.45, 7) is 5.28. The van der Waals surface area contributed by atoms with Gasteiger partial charge >= 0.3 is 0 Å². The van der Waals surface area contributed by atoms with E-state index in [1.165, 1.54) is 24.1 Å². The lowest BCUT2D eigenvalue weighted by molar-refractivity contribution is 0.139. The van der Waals surface area contributed by atoms with Crippen molar-refractivity contribution in [1.82, 2.24) is 0 Å². The molecule has 0 bridgehead atoms. The summed E-state index contributed by atoms with van der Waals surface area (Å²) in [6, 6.07) is 6.18. The maximum absolute atomic E-state index is 5.78. The first-order chi connectivity index (χ1) is 8.20. The largest absolute Gasteiger partial charge is 0.399 e. The lowest BCUT2D eigenvalue weighted by Crippen LogP contribution is -2.35. The van der Waals surface area contributed by atoms with Crippen LogP contribution in [0.2, 0.25) is 0 Å². The number of hydrogen-bond acceptors (Lipinski definition) is 3. The molecule has 0 aromatic heterocycles. The van der Waals surface area contributed by atoms with Gasteiger partial charge in [0.15, 0.2) is 0 Å². The molecule has 1 heterocycles. The van der Waals surface area contributed by atoms with Crippen molar-refractivity contribution in [3.8, 4) is 0 Å². The van der Waals surface area contributed by atoms with Crippen LogP contribution in [-0.4, -0.2) is 26.8 Å². The van der Waals surface area contributed by atoms with Crippen LogP contribution in [0.1, 0.15) is 18.4 Å². The lowest BCUT2D eigenvalue weighted by atomic mass is 9.97. The predicted octanol–water partition coefficient (Wildman–Crippen LogP) is 2.44. The van der Waals surface area contributed by atoms with Crippen LogP contribution in [0.25, 0.3) is 0 Å². The highest BCUT2D eigenvalue weighted by molar-refractivity contribution is 5.59. The van der Waals surface area contributed by atoms with E-state index in [2.05, 4.69) is 24.0 Å². The molecule has 0 spiro atoms. The van der Waals surface area contributed by atoms with Gasteiger partial charge in [-0.25, -0.2) is 0 Å². The van der Waals surface area contributed by atoms with Crippen molar-refractivity contribution in [1.29, 1.82) is 0 Å². The minimum atomic E-state index is 0.727. The van der Waals surface area contributed by atoms with E-state index in [-0.39, 0.29) is 0 Å². The number of anilines is 2. The van der Waals surface area contributed by atoms with E-state index in [1.807, 2.05) is 6.07 Å². The maximum atomic E-state index is 5.78. The first-order valence-corrected chi connectivity index (χ1v) is 6.30. The third kappa shape index (κ3) is 2.91. The number of rotatable bonds is 3. The van der Waals surface area contributed by atoms with Gasteiger partial charge < -0.3 is 15.4 Å². The van der Waals surface area contributed by atoms with Crippen molar-refractivity contribution in [2.45, 2.75) is 19.8 Å². The molecule has 3 heteroatoms. The molecule has 0 radical (unpaired) electrons. The molecule has 1 aliphatic heterocycles. The molecule has 0 unspecified atom stereocenters. The van der Waals surface area contributed by atoms with Gasteiger partial charge in [-0.2, -0.15) is 0 Å². The fourth-order valence-corrected chi connectivity index (χ4v) is 2.61. The molecule has 0 aliphatic carbocycles. The Kier molecular flexibility index (Phi) is 3.89. The number of nitrogen functional groups attached to an aromatic ring is 1. The highest BCUT2D eigenvalue weighted by Crippen LogP contribution is 2.27. The van der Waals surface area contributed by atoms with Gasteiger partial charge in [0, 0.05) is 38.2 Å². The Morgan fingerprint density at radius 2 is 2.06 bits per heavy atom. The van der Waals surface area contributed by atoms with Gasteiger partial charge in [-0.1, -0.05) is 0 Å². The highest BCUT2D eigenvalue weighted by Gasteiger charge is 2.20. The molecule has 3 nitrogen and oxygen atoms in total. The Bertz CT molecular complexity index is 370. The first-order valence-electron chi connectivity index (χ1n) is 6.30. The van der Waals surface area contributed by atoms with E-state index in [0.717, 1.165) is 31.3 Å². The van der Waals surface area contributed by atoms with Gasteiger partial charge in [0.2, 0.25) is 0 Å². The summed E-state index contributed by atoms with van der Waals surface area (Å²) in [5, 5.41) is 0. The van der Waals surface area contributed by atoms with Crippen molar-refractivity contribution < 1.29 is 4.74 Å². The molecule has 0 amide bonds. The monoisotopic (exact) mass is 234 g/mol. The fourth-order valence-electron chi connectivity index (χ4n) is 2.61. The van der Waals surface area contributed by atoms with Crippen LogP contribution in [0.5, 0.6) is 0 Å². The molecule has 94 valence electrons. The average Bonchev–Trinajstić information content (AvgIpc) is 2.31. The Morgan fingerprint density at radius 1 is 1.35 bits per heavy atom. The number of nitrogens with two attached hydrogens (primary N) is 1. The molecule has 1 aromatic rings. The van der Waals surface area contributed by atoms with Crippen molar-refractivity contribution in [3.63, 3.8) is 0 Å². The number of nitrogens with zero attached hydrogens (tertiary/aromatic N) is 1. The summed E-state index contributed by atoms with van der Waals surface area (Å²) in [6.07, 6.45) is 2.44. The van der Waals surface area contributed by atoms with Crippen LogP contribution in [0, 0.1) is 12.8 Å². The van der Waals surface area contributed by atoms with Gasteiger partial charge in [-0.15, -0.1) is 0 Å². The van der Waals surface area contributed by atoms with Gasteiger partial charge in [0.1, 0.15) is 0 Å². The quantitative estimate of drug-likeness (QED) is 0.816. The summed E-state index contributed by atoms with van der Waals surface area (Å²) < 4.78 is 5.23. The Hall–Kier alpha value is -1.22. The molecular weight excluding hydrogens is 212 g/mol. The van der Waals surface area contributed by atoms with Crippen molar-refractivity contribution in [3.05, 3.63) is 23.8 Å². The first kappa shape index (κ1) is 12.2. The third-order valence-corrected chi connectivity index (χ3v) is 3.58. The van der Waals surface area contributed by atoms with Gasteiger partial charge in [0.05, 0.1) is 0 Å². The molecule has 2 rings (SSSR count). The third-order valence-electron chi connectivity index (χ3n) is 3.58. The van der Waals surface area contributed by atoms with E-state index < -0.39 is 0 Å². The predicted molar refractivity (Wildman–Crippen MR) is 72.4 cm³/mol. The summed E-state index contributed by atoms with van der Waals surface area (Å²) in [7, 11) is 1.79. The van der Waals surface area contributed by atoms with E-state index in [4.69, 9.17) is 10.5 Å². The zero-order chi connectivity index (χ0) is 12.3. The molecule has 17 heavy (non-hydrogen) atoms. The maximum Gasteiger partial charge on any atom is 0.0491 e.